The van der Waals surface area contributed by atoms with Crippen molar-refractivity contribution in [1.29, 1.82) is 0 Å². The molecule has 1 aliphatic rings. The van der Waals surface area contributed by atoms with Crippen LogP contribution in [0.5, 0.6) is 5.75 Å². The standard InChI is InChI=1S/C19H14BrFN2O3S2/c1-10(17(25)22-14-5-3-13(21)4-6-14)23-18(26)16(28-19(23)27)9-11-8-12(20)2-7-15(11)24/h2-10,24H,1H3,(H,22,25)/b16-9-. The van der Waals surface area contributed by atoms with Crippen molar-refractivity contribution in [3.8, 4) is 5.75 Å². The third kappa shape index (κ3) is 4.43. The molecule has 1 saturated heterocycles. The van der Waals surface area contributed by atoms with Crippen LogP contribution in [0.4, 0.5) is 10.1 Å². The molecule has 9 heteroatoms. The Kier molecular flexibility index (Phi) is 6.17. The lowest BCUT2D eigenvalue weighted by Crippen LogP contribution is -2.44. The molecule has 144 valence electrons. The van der Waals surface area contributed by atoms with Crippen LogP contribution in [0, 0.1) is 5.82 Å². The highest BCUT2D eigenvalue weighted by molar-refractivity contribution is 9.10. The molecule has 2 amide bonds. The topological polar surface area (TPSA) is 69.6 Å². The van der Waals surface area contributed by atoms with Crippen LogP contribution in [-0.2, 0) is 9.59 Å². The number of halogens is 2. The van der Waals surface area contributed by atoms with Crippen LogP contribution in [0.1, 0.15) is 12.5 Å². The van der Waals surface area contributed by atoms with E-state index in [0.717, 1.165) is 16.2 Å². The number of anilines is 1. The molecule has 0 aromatic heterocycles. The van der Waals surface area contributed by atoms with Gasteiger partial charge in [0.1, 0.15) is 21.9 Å². The summed E-state index contributed by atoms with van der Waals surface area (Å²) in [6, 6.07) is 9.32. The number of carbonyl (C=O) groups is 2. The number of nitrogens with zero attached hydrogens (tertiary/aromatic N) is 1. The van der Waals surface area contributed by atoms with Gasteiger partial charge in [-0.15, -0.1) is 0 Å². The van der Waals surface area contributed by atoms with Gasteiger partial charge in [-0.2, -0.15) is 0 Å². The van der Waals surface area contributed by atoms with Gasteiger partial charge in [0, 0.05) is 15.7 Å². The summed E-state index contributed by atoms with van der Waals surface area (Å²) in [5, 5.41) is 12.6. The molecular weight excluding hydrogens is 467 g/mol. The van der Waals surface area contributed by atoms with Gasteiger partial charge in [-0.3, -0.25) is 14.5 Å². The lowest BCUT2D eigenvalue weighted by Gasteiger charge is -2.22. The van der Waals surface area contributed by atoms with Crippen molar-refractivity contribution in [2.24, 2.45) is 0 Å². The number of thioether (sulfide) groups is 1. The number of hydrogen-bond donors (Lipinski definition) is 2. The number of amides is 2. The van der Waals surface area contributed by atoms with Crippen LogP contribution in [0.3, 0.4) is 0 Å². The van der Waals surface area contributed by atoms with Gasteiger partial charge in [-0.1, -0.05) is 39.9 Å². The van der Waals surface area contributed by atoms with Crippen molar-refractivity contribution in [3.05, 3.63) is 63.2 Å². The molecule has 0 spiro atoms. The van der Waals surface area contributed by atoms with E-state index >= 15 is 0 Å². The molecule has 1 aliphatic heterocycles. The third-order valence-electron chi connectivity index (χ3n) is 3.98. The van der Waals surface area contributed by atoms with Gasteiger partial charge in [0.15, 0.2) is 0 Å². The molecule has 28 heavy (non-hydrogen) atoms. The zero-order valence-electron chi connectivity index (χ0n) is 14.5. The Morgan fingerprint density at radius 1 is 1.32 bits per heavy atom. The Hall–Kier alpha value is -2.23. The molecule has 0 bridgehead atoms. The Morgan fingerprint density at radius 2 is 2.00 bits per heavy atom. The Labute approximate surface area is 178 Å². The van der Waals surface area contributed by atoms with E-state index in [1.165, 1.54) is 41.3 Å². The summed E-state index contributed by atoms with van der Waals surface area (Å²) in [7, 11) is 0. The summed E-state index contributed by atoms with van der Waals surface area (Å²) in [5.74, 6) is -1.26. The molecule has 2 aromatic carbocycles. The molecule has 2 aromatic rings. The lowest BCUT2D eigenvalue weighted by atomic mass is 10.2. The highest BCUT2D eigenvalue weighted by Gasteiger charge is 2.38. The SMILES string of the molecule is CC(C(=O)Nc1ccc(F)cc1)N1C(=O)/C(=C/c2cc(Br)ccc2O)SC1=S. The van der Waals surface area contributed by atoms with Crippen molar-refractivity contribution in [3.63, 3.8) is 0 Å². The largest absolute Gasteiger partial charge is 0.507 e. The van der Waals surface area contributed by atoms with E-state index in [-0.39, 0.29) is 10.1 Å². The van der Waals surface area contributed by atoms with Crippen LogP contribution >= 0.6 is 39.9 Å². The lowest BCUT2D eigenvalue weighted by molar-refractivity contribution is -0.129. The number of nitrogens with one attached hydrogen (secondary N) is 1. The smallest absolute Gasteiger partial charge is 0.266 e. The maximum atomic E-state index is 13.0. The van der Waals surface area contributed by atoms with Crippen LogP contribution in [0.2, 0.25) is 0 Å². The third-order valence-corrected chi connectivity index (χ3v) is 5.80. The number of rotatable bonds is 4. The number of thiocarbonyl (C=S) groups is 1. The fourth-order valence-corrected chi connectivity index (χ4v) is 4.28. The van der Waals surface area contributed by atoms with Crippen molar-refractivity contribution < 1.29 is 19.1 Å². The van der Waals surface area contributed by atoms with Crippen molar-refractivity contribution in [2.45, 2.75) is 13.0 Å². The van der Waals surface area contributed by atoms with E-state index in [4.69, 9.17) is 12.2 Å². The van der Waals surface area contributed by atoms with Gasteiger partial charge < -0.3 is 10.4 Å². The highest BCUT2D eigenvalue weighted by Crippen LogP contribution is 2.36. The Balaban J connectivity index is 1.78. The number of carbonyl (C=O) groups excluding carboxylic acids is 2. The van der Waals surface area contributed by atoms with E-state index in [0.29, 0.717) is 16.2 Å². The normalized spacial score (nSPS) is 16.5. The van der Waals surface area contributed by atoms with Gasteiger partial charge in [-0.05, 0) is 55.5 Å². The summed E-state index contributed by atoms with van der Waals surface area (Å²) >= 11 is 9.65. The highest BCUT2D eigenvalue weighted by atomic mass is 79.9. The minimum atomic E-state index is -0.862. The molecule has 0 saturated carbocycles. The van der Waals surface area contributed by atoms with Crippen LogP contribution in [-0.4, -0.2) is 32.2 Å². The number of benzene rings is 2. The molecular formula is C19H14BrFN2O3S2. The van der Waals surface area contributed by atoms with E-state index < -0.39 is 23.7 Å². The second kappa shape index (κ2) is 8.42. The maximum Gasteiger partial charge on any atom is 0.266 e. The summed E-state index contributed by atoms with van der Waals surface area (Å²) in [4.78, 5) is 26.8. The molecule has 3 rings (SSSR count). The number of aromatic hydroxyl groups is 1. The summed E-state index contributed by atoms with van der Waals surface area (Å²) < 4.78 is 14.0. The average molecular weight is 481 g/mol. The second-order valence-electron chi connectivity index (χ2n) is 5.93. The Morgan fingerprint density at radius 3 is 2.68 bits per heavy atom. The van der Waals surface area contributed by atoms with Gasteiger partial charge >= 0.3 is 0 Å². The predicted octanol–water partition coefficient (Wildman–Crippen LogP) is 4.52. The molecule has 2 N–H and O–H groups in total. The molecule has 1 unspecified atom stereocenters. The molecule has 5 nitrogen and oxygen atoms in total. The zero-order valence-corrected chi connectivity index (χ0v) is 17.7. The molecule has 1 heterocycles. The van der Waals surface area contributed by atoms with Crippen molar-refractivity contribution in [1.82, 2.24) is 4.90 Å². The minimum absolute atomic E-state index is 0.0237. The first-order chi connectivity index (χ1) is 13.3. The van der Waals surface area contributed by atoms with Gasteiger partial charge in [0.2, 0.25) is 5.91 Å². The Bertz CT molecular complexity index is 995. The van der Waals surface area contributed by atoms with Crippen LogP contribution in [0.15, 0.2) is 51.8 Å². The second-order valence-corrected chi connectivity index (χ2v) is 8.52. The molecule has 1 atom stereocenters. The summed E-state index contributed by atoms with van der Waals surface area (Å²) in [5.41, 5.74) is 0.872. The van der Waals surface area contributed by atoms with E-state index in [2.05, 4.69) is 21.2 Å². The minimum Gasteiger partial charge on any atom is -0.507 e. The first-order valence-corrected chi connectivity index (χ1v) is 10.1. The molecule has 0 radical (unpaired) electrons. The first-order valence-electron chi connectivity index (χ1n) is 8.08. The van der Waals surface area contributed by atoms with E-state index in [1.807, 2.05) is 0 Å². The van der Waals surface area contributed by atoms with Crippen LogP contribution in [0.25, 0.3) is 6.08 Å². The quantitative estimate of drug-likeness (QED) is 0.497. The molecule has 1 fully saturated rings. The fraction of sp³-hybridized carbons (Fsp3) is 0.105. The molecule has 0 aliphatic carbocycles. The monoisotopic (exact) mass is 480 g/mol. The number of hydrogen-bond acceptors (Lipinski definition) is 5. The van der Waals surface area contributed by atoms with Gasteiger partial charge in [-0.25, -0.2) is 4.39 Å². The number of phenolic OH excluding ortho intramolecular Hbond substituents is 1. The van der Waals surface area contributed by atoms with E-state index in [1.54, 1.807) is 19.1 Å². The van der Waals surface area contributed by atoms with Gasteiger partial charge in [0.05, 0.1) is 4.91 Å². The predicted molar refractivity (Wildman–Crippen MR) is 115 cm³/mol. The average Bonchev–Trinajstić information content (AvgIpc) is 2.93. The van der Waals surface area contributed by atoms with Crippen molar-refractivity contribution in [2.75, 3.05) is 5.32 Å². The van der Waals surface area contributed by atoms with Crippen molar-refractivity contribution >= 4 is 67.8 Å². The van der Waals surface area contributed by atoms with Gasteiger partial charge in [0.25, 0.3) is 5.91 Å². The van der Waals surface area contributed by atoms with E-state index in [9.17, 15) is 19.1 Å². The van der Waals surface area contributed by atoms with Crippen LogP contribution < -0.4 is 5.32 Å². The fourth-order valence-electron chi connectivity index (χ4n) is 2.49. The summed E-state index contributed by atoms with van der Waals surface area (Å²) in [6.07, 6.45) is 1.53. The number of phenols is 1. The summed E-state index contributed by atoms with van der Waals surface area (Å²) in [6.45, 7) is 1.56. The maximum absolute atomic E-state index is 13.0. The zero-order chi connectivity index (χ0) is 20.4. The first kappa shape index (κ1) is 20.5.